The number of carbonyl (C=O) groups is 2. The van der Waals surface area contributed by atoms with Gasteiger partial charge in [0.05, 0.1) is 0 Å². The van der Waals surface area contributed by atoms with Crippen molar-refractivity contribution in [1.29, 1.82) is 0 Å². The fourth-order valence-corrected chi connectivity index (χ4v) is 4.33. The standard InChI is InChI=1S/C14H8Br2N2O2S/c15-6-3-9-7(10(16)4-6)1-2-8(9)12(19)14-18-11(5-21-14)13(17)20/h2-5H,1H2,(H2,17,20). The van der Waals surface area contributed by atoms with E-state index >= 15 is 0 Å². The molecule has 0 fully saturated rings. The highest BCUT2D eigenvalue weighted by Crippen LogP contribution is 2.37. The van der Waals surface area contributed by atoms with Crippen molar-refractivity contribution in [3.8, 4) is 0 Å². The number of allylic oxidation sites excluding steroid dienone is 2. The number of thiazole rings is 1. The molecule has 0 bridgehead atoms. The minimum absolute atomic E-state index is 0.123. The summed E-state index contributed by atoms with van der Waals surface area (Å²) in [5.41, 5.74) is 7.86. The van der Waals surface area contributed by atoms with E-state index in [0.717, 1.165) is 31.4 Å². The van der Waals surface area contributed by atoms with Crippen LogP contribution in [0.5, 0.6) is 0 Å². The lowest BCUT2D eigenvalue weighted by Crippen LogP contribution is -2.12. The van der Waals surface area contributed by atoms with Crippen LogP contribution in [0.4, 0.5) is 0 Å². The summed E-state index contributed by atoms with van der Waals surface area (Å²) in [6.07, 6.45) is 2.58. The van der Waals surface area contributed by atoms with Gasteiger partial charge in [-0.1, -0.05) is 37.9 Å². The Labute approximate surface area is 141 Å². The van der Waals surface area contributed by atoms with Crippen LogP contribution in [-0.4, -0.2) is 16.7 Å². The van der Waals surface area contributed by atoms with Crippen molar-refractivity contribution < 1.29 is 9.59 Å². The number of aromatic nitrogens is 1. The van der Waals surface area contributed by atoms with E-state index in [1.807, 2.05) is 18.2 Å². The number of nitrogens with two attached hydrogens (primary N) is 1. The Balaban J connectivity index is 2.00. The Hall–Kier alpha value is -1.31. The number of carbonyl (C=O) groups excluding carboxylic acids is 2. The maximum atomic E-state index is 12.6. The number of primary amides is 1. The Morgan fingerprint density at radius 1 is 1.29 bits per heavy atom. The molecule has 0 unspecified atom stereocenters. The van der Waals surface area contributed by atoms with Crippen molar-refractivity contribution in [2.45, 2.75) is 6.42 Å². The van der Waals surface area contributed by atoms with E-state index in [9.17, 15) is 9.59 Å². The lowest BCUT2D eigenvalue weighted by molar-refractivity contribution is 0.0996. The number of rotatable bonds is 3. The molecular formula is C14H8Br2N2O2S. The van der Waals surface area contributed by atoms with E-state index in [-0.39, 0.29) is 16.5 Å². The van der Waals surface area contributed by atoms with Gasteiger partial charge >= 0.3 is 0 Å². The molecule has 0 spiro atoms. The first-order valence-corrected chi connectivity index (χ1v) is 8.42. The lowest BCUT2D eigenvalue weighted by atomic mass is 10.0. The third kappa shape index (κ3) is 2.61. The first kappa shape index (κ1) is 14.6. The van der Waals surface area contributed by atoms with Crippen molar-refractivity contribution in [1.82, 2.24) is 4.98 Å². The van der Waals surface area contributed by atoms with Crippen LogP contribution in [0.25, 0.3) is 5.57 Å². The molecule has 21 heavy (non-hydrogen) atoms. The minimum Gasteiger partial charge on any atom is -0.364 e. The predicted octanol–water partition coefficient (Wildman–Crippen LogP) is 3.59. The van der Waals surface area contributed by atoms with E-state index in [0.29, 0.717) is 12.0 Å². The number of fused-ring (bicyclic) bond motifs is 1. The Morgan fingerprint density at radius 2 is 2.05 bits per heavy atom. The van der Waals surface area contributed by atoms with Gasteiger partial charge in [-0.2, -0.15) is 0 Å². The molecule has 2 aromatic rings. The van der Waals surface area contributed by atoms with E-state index in [1.54, 1.807) is 0 Å². The molecule has 1 heterocycles. The topological polar surface area (TPSA) is 73.1 Å². The SMILES string of the molecule is NC(=O)c1csc(C(=O)C2=CCc3c(Br)cc(Br)cc32)n1. The number of hydrogen-bond acceptors (Lipinski definition) is 4. The number of hydrogen-bond donors (Lipinski definition) is 1. The van der Waals surface area contributed by atoms with E-state index in [4.69, 9.17) is 5.73 Å². The van der Waals surface area contributed by atoms with Crippen LogP contribution < -0.4 is 5.73 Å². The van der Waals surface area contributed by atoms with Crippen LogP contribution in [-0.2, 0) is 6.42 Å². The van der Waals surface area contributed by atoms with Gasteiger partial charge in [0.15, 0.2) is 5.01 Å². The quantitative estimate of drug-likeness (QED) is 0.760. The molecule has 3 rings (SSSR count). The first-order chi connectivity index (χ1) is 9.97. The first-order valence-electron chi connectivity index (χ1n) is 5.96. The molecule has 7 heteroatoms. The summed E-state index contributed by atoms with van der Waals surface area (Å²) < 4.78 is 1.86. The van der Waals surface area contributed by atoms with Crippen LogP contribution in [0.3, 0.4) is 0 Å². The second-order valence-electron chi connectivity index (χ2n) is 4.47. The molecule has 1 amide bonds. The van der Waals surface area contributed by atoms with Gasteiger partial charge in [0.1, 0.15) is 5.69 Å². The molecule has 1 aromatic heterocycles. The Morgan fingerprint density at radius 3 is 2.71 bits per heavy atom. The van der Waals surface area contributed by atoms with Crippen molar-refractivity contribution in [3.05, 3.63) is 54.4 Å². The number of ketones is 1. The predicted molar refractivity (Wildman–Crippen MR) is 88.5 cm³/mol. The van der Waals surface area contributed by atoms with Crippen molar-refractivity contribution in [2.24, 2.45) is 5.73 Å². The highest BCUT2D eigenvalue weighted by Gasteiger charge is 2.25. The summed E-state index contributed by atoms with van der Waals surface area (Å²) in [7, 11) is 0. The van der Waals surface area contributed by atoms with Gasteiger partial charge in [-0.25, -0.2) is 4.98 Å². The van der Waals surface area contributed by atoms with Crippen molar-refractivity contribution in [2.75, 3.05) is 0 Å². The molecule has 0 saturated heterocycles. The molecule has 0 saturated carbocycles. The molecule has 1 aromatic carbocycles. The highest BCUT2D eigenvalue weighted by molar-refractivity contribution is 9.11. The van der Waals surface area contributed by atoms with Gasteiger partial charge in [0.2, 0.25) is 5.78 Å². The van der Waals surface area contributed by atoms with E-state index < -0.39 is 5.91 Å². The zero-order chi connectivity index (χ0) is 15.1. The van der Waals surface area contributed by atoms with Crippen LogP contribution >= 0.6 is 43.2 Å². The molecule has 0 radical (unpaired) electrons. The molecule has 106 valence electrons. The van der Waals surface area contributed by atoms with Gasteiger partial charge in [-0.3, -0.25) is 9.59 Å². The Kier molecular flexibility index (Phi) is 3.81. The van der Waals surface area contributed by atoms with Crippen LogP contribution in [0.2, 0.25) is 0 Å². The highest BCUT2D eigenvalue weighted by atomic mass is 79.9. The maximum absolute atomic E-state index is 12.6. The average Bonchev–Trinajstić information content (AvgIpc) is 3.04. The van der Waals surface area contributed by atoms with Gasteiger partial charge < -0.3 is 5.73 Å². The van der Waals surface area contributed by atoms with Gasteiger partial charge in [0, 0.05) is 19.9 Å². The normalized spacial score (nSPS) is 13.0. The molecule has 0 aliphatic heterocycles. The number of amides is 1. The van der Waals surface area contributed by atoms with E-state index in [1.165, 1.54) is 5.38 Å². The minimum atomic E-state index is -0.628. The Bertz CT molecular complexity index is 811. The fourth-order valence-electron chi connectivity index (χ4n) is 2.19. The zero-order valence-corrected chi connectivity index (χ0v) is 14.5. The summed E-state index contributed by atoms with van der Waals surface area (Å²) in [5, 5.41) is 1.78. The van der Waals surface area contributed by atoms with Crippen LogP contribution in [0, 0.1) is 0 Å². The second-order valence-corrected chi connectivity index (χ2v) is 7.10. The third-order valence-electron chi connectivity index (χ3n) is 3.16. The number of halogens is 2. The van der Waals surface area contributed by atoms with Crippen molar-refractivity contribution >= 4 is 60.5 Å². The molecular weight excluding hydrogens is 420 g/mol. The zero-order valence-electron chi connectivity index (χ0n) is 10.5. The summed E-state index contributed by atoms with van der Waals surface area (Å²) in [6.45, 7) is 0. The maximum Gasteiger partial charge on any atom is 0.268 e. The largest absolute Gasteiger partial charge is 0.364 e. The summed E-state index contributed by atoms with van der Waals surface area (Å²) in [6, 6.07) is 3.87. The molecule has 1 aliphatic rings. The second kappa shape index (κ2) is 5.47. The third-order valence-corrected chi connectivity index (χ3v) is 5.16. The number of nitrogens with zero attached hydrogens (tertiary/aromatic N) is 1. The van der Waals surface area contributed by atoms with Gasteiger partial charge in [-0.15, -0.1) is 11.3 Å². The number of benzene rings is 1. The van der Waals surface area contributed by atoms with Crippen LogP contribution in [0.15, 0.2) is 32.5 Å². The average molecular weight is 428 g/mol. The molecule has 4 nitrogen and oxygen atoms in total. The summed E-state index contributed by atoms with van der Waals surface area (Å²) in [4.78, 5) is 27.6. The monoisotopic (exact) mass is 426 g/mol. The fraction of sp³-hybridized carbons (Fsp3) is 0.0714. The lowest BCUT2D eigenvalue weighted by Gasteiger charge is -2.06. The van der Waals surface area contributed by atoms with Gasteiger partial charge in [-0.05, 0) is 29.7 Å². The molecule has 1 aliphatic carbocycles. The van der Waals surface area contributed by atoms with Gasteiger partial charge in [0.25, 0.3) is 5.91 Å². The summed E-state index contributed by atoms with van der Waals surface area (Å²) >= 11 is 8.06. The molecule has 2 N–H and O–H groups in total. The molecule has 0 atom stereocenters. The number of Topliss-reactive ketones (excluding diaryl/α,β-unsaturated/α-hetero) is 1. The van der Waals surface area contributed by atoms with Crippen molar-refractivity contribution in [3.63, 3.8) is 0 Å². The van der Waals surface area contributed by atoms with E-state index in [2.05, 4.69) is 36.8 Å². The van der Waals surface area contributed by atoms with Crippen LogP contribution in [0.1, 0.15) is 31.4 Å². The summed E-state index contributed by atoms with van der Waals surface area (Å²) in [5.74, 6) is -0.812. The smallest absolute Gasteiger partial charge is 0.268 e.